The zero-order valence-corrected chi connectivity index (χ0v) is 19.8. The molecule has 0 saturated heterocycles. The number of hydrogen-bond donors (Lipinski definition) is 2. The van der Waals surface area contributed by atoms with Gasteiger partial charge in [0.25, 0.3) is 5.91 Å². The number of hydrogen-bond acceptors (Lipinski definition) is 3. The Morgan fingerprint density at radius 3 is 2.50 bits per heavy atom. The molecule has 6 heteroatoms. The Morgan fingerprint density at radius 1 is 0.971 bits per heavy atom. The van der Waals surface area contributed by atoms with E-state index in [1.807, 2.05) is 48.7 Å². The molecule has 3 aromatic carbocycles. The predicted octanol–water partition coefficient (Wildman–Crippen LogP) is 6.30. The van der Waals surface area contributed by atoms with E-state index in [0.717, 1.165) is 58.6 Å². The van der Waals surface area contributed by atoms with Crippen LogP contribution >= 0.6 is 0 Å². The molecular formula is C28H29N5O. The molecule has 0 saturated carbocycles. The molecule has 0 atom stereocenters. The van der Waals surface area contributed by atoms with Crippen LogP contribution in [0.1, 0.15) is 31.1 Å². The van der Waals surface area contributed by atoms with Crippen molar-refractivity contribution in [2.75, 3.05) is 23.3 Å². The quantitative estimate of drug-likeness (QED) is 0.305. The highest BCUT2D eigenvalue weighted by Crippen LogP contribution is 2.26. The maximum absolute atomic E-state index is 12.9. The molecule has 0 bridgehead atoms. The standard InChI is InChI=1S/C28H29N5O/c1-4-32(5-2)23-11-7-19(8-12-23)27-30-24-13-10-22(18-25(24)31-27)29-28(34)21-9-14-26-20(17-21)15-16-33(26)6-3/h7-18H,4-6H2,1-3H3,(H,29,34)(H,30,31). The maximum Gasteiger partial charge on any atom is 0.255 e. The highest BCUT2D eigenvalue weighted by molar-refractivity contribution is 6.07. The van der Waals surface area contributed by atoms with E-state index in [1.54, 1.807) is 0 Å². The molecule has 0 fully saturated rings. The predicted molar refractivity (Wildman–Crippen MR) is 141 cm³/mol. The number of carbonyl (C=O) groups excluding carboxylic acids is 1. The summed E-state index contributed by atoms with van der Waals surface area (Å²) in [5.41, 5.74) is 6.50. The molecule has 6 nitrogen and oxygen atoms in total. The van der Waals surface area contributed by atoms with E-state index in [1.165, 1.54) is 5.69 Å². The van der Waals surface area contributed by atoms with Crippen LogP contribution in [0, 0.1) is 0 Å². The third-order valence-electron chi connectivity index (χ3n) is 6.38. The first-order valence-electron chi connectivity index (χ1n) is 11.8. The van der Waals surface area contributed by atoms with Gasteiger partial charge in [-0.25, -0.2) is 4.98 Å². The molecule has 0 aliphatic rings. The number of rotatable bonds is 7. The SMILES string of the molecule is CCN(CC)c1ccc(-c2nc3ccc(NC(=O)c4ccc5c(ccn5CC)c4)cc3[nH]2)cc1. The molecule has 2 N–H and O–H groups in total. The van der Waals surface area contributed by atoms with Crippen LogP contribution in [-0.4, -0.2) is 33.5 Å². The molecule has 0 aliphatic carbocycles. The van der Waals surface area contributed by atoms with Crippen LogP contribution in [0.2, 0.25) is 0 Å². The van der Waals surface area contributed by atoms with Gasteiger partial charge in [0.1, 0.15) is 5.82 Å². The van der Waals surface area contributed by atoms with E-state index in [9.17, 15) is 4.79 Å². The molecule has 0 spiro atoms. The Balaban J connectivity index is 1.36. The lowest BCUT2D eigenvalue weighted by Gasteiger charge is -2.20. The summed E-state index contributed by atoms with van der Waals surface area (Å²) in [5.74, 6) is 0.688. The van der Waals surface area contributed by atoms with Crippen molar-refractivity contribution in [1.82, 2.24) is 14.5 Å². The Morgan fingerprint density at radius 2 is 1.76 bits per heavy atom. The number of benzene rings is 3. The normalized spacial score (nSPS) is 11.3. The van der Waals surface area contributed by atoms with Crippen molar-refractivity contribution in [1.29, 1.82) is 0 Å². The van der Waals surface area contributed by atoms with E-state index in [0.29, 0.717) is 5.56 Å². The molecule has 5 aromatic rings. The van der Waals surface area contributed by atoms with Crippen molar-refractivity contribution in [2.24, 2.45) is 0 Å². The largest absolute Gasteiger partial charge is 0.372 e. The summed E-state index contributed by atoms with van der Waals surface area (Å²) < 4.78 is 2.16. The molecular weight excluding hydrogens is 422 g/mol. The van der Waals surface area contributed by atoms with Gasteiger partial charge in [-0.05, 0) is 87.5 Å². The van der Waals surface area contributed by atoms with Gasteiger partial charge in [-0.3, -0.25) is 4.79 Å². The third-order valence-corrected chi connectivity index (χ3v) is 6.38. The molecule has 2 aromatic heterocycles. The average molecular weight is 452 g/mol. The van der Waals surface area contributed by atoms with Gasteiger partial charge in [0, 0.05) is 59.2 Å². The number of aromatic amines is 1. The minimum absolute atomic E-state index is 0.128. The smallest absolute Gasteiger partial charge is 0.255 e. The number of aryl methyl sites for hydroxylation is 1. The van der Waals surface area contributed by atoms with Gasteiger partial charge in [0.15, 0.2) is 0 Å². The number of nitrogens with one attached hydrogen (secondary N) is 2. The molecule has 5 rings (SSSR count). The molecule has 1 amide bonds. The topological polar surface area (TPSA) is 66.0 Å². The maximum atomic E-state index is 12.9. The van der Waals surface area contributed by atoms with Gasteiger partial charge in [0.2, 0.25) is 0 Å². The molecule has 172 valence electrons. The van der Waals surface area contributed by atoms with Crippen molar-refractivity contribution in [3.63, 3.8) is 0 Å². The van der Waals surface area contributed by atoms with E-state index < -0.39 is 0 Å². The molecule has 0 radical (unpaired) electrons. The summed E-state index contributed by atoms with van der Waals surface area (Å²) in [6.07, 6.45) is 2.05. The Bertz CT molecular complexity index is 1460. The number of fused-ring (bicyclic) bond motifs is 2. The Kier molecular flexibility index (Phi) is 5.80. The van der Waals surface area contributed by atoms with Gasteiger partial charge in [-0.1, -0.05) is 0 Å². The summed E-state index contributed by atoms with van der Waals surface area (Å²) in [6, 6.07) is 22.1. The van der Waals surface area contributed by atoms with E-state index >= 15 is 0 Å². The molecule has 0 unspecified atom stereocenters. The number of imidazole rings is 1. The van der Waals surface area contributed by atoms with E-state index in [4.69, 9.17) is 4.98 Å². The van der Waals surface area contributed by atoms with Gasteiger partial charge >= 0.3 is 0 Å². The second kappa shape index (κ2) is 9.06. The van der Waals surface area contributed by atoms with E-state index in [-0.39, 0.29) is 5.91 Å². The number of anilines is 2. The zero-order chi connectivity index (χ0) is 23.7. The minimum Gasteiger partial charge on any atom is -0.372 e. The number of aromatic nitrogens is 3. The van der Waals surface area contributed by atoms with Crippen LogP contribution in [0.15, 0.2) is 72.9 Å². The monoisotopic (exact) mass is 451 g/mol. The Hall–Kier alpha value is -4.06. The lowest BCUT2D eigenvalue weighted by molar-refractivity contribution is 0.102. The third kappa shape index (κ3) is 4.03. The average Bonchev–Trinajstić information content (AvgIpc) is 3.48. The fourth-order valence-corrected chi connectivity index (χ4v) is 4.46. The summed E-state index contributed by atoms with van der Waals surface area (Å²) in [6.45, 7) is 9.30. The number of H-pyrrole nitrogens is 1. The zero-order valence-electron chi connectivity index (χ0n) is 19.8. The fourth-order valence-electron chi connectivity index (χ4n) is 4.46. The number of nitrogens with zero attached hydrogens (tertiary/aromatic N) is 3. The van der Waals surface area contributed by atoms with Crippen molar-refractivity contribution >= 4 is 39.2 Å². The van der Waals surface area contributed by atoms with Crippen molar-refractivity contribution in [3.05, 3.63) is 78.5 Å². The Labute approximate surface area is 199 Å². The van der Waals surface area contributed by atoms with Gasteiger partial charge < -0.3 is 19.8 Å². The fraction of sp³-hybridized carbons (Fsp3) is 0.214. The lowest BCUT2D eigenvalue weighted by atomic mass is 10.1. The minimum atomic E-state index is -0.128. The highest BCUT2D eigenvalue weighted by atomic mass is 16.1. The van der Waals surface area contributed by atoms with Gasteiger partial charge in [0.05, 0.1) is 11.0 Å². The number of amides is 1. The first-order valence-corrected chi connectivity index (χ1v) is 11.8. The van der Waals surface area contributed by atoms with Crippen molar-refractivity contribution in [2.45, 2.75) is 27.3 Å². The van der Waals surface area contributed by atoms with E-state index in [2.05, 4.69) is 64.8 Å². The lowest BCUT2D eigenvalue weighted by Crippen LogP contribution is -2.21. The van der Waals surface area contributed by atoms with Gasteiger partial charge in [-0.2, -0.15) is 0 Å². The van der Waals surface area contributed by atoms with Crippen molar-refractivity contribution < 1.29 is 4.79 Å². The molecule has 34 heavy (non-hydrogen) atoms. The number of carbonyl (C=O) groups is 1. The first kappa shape index (κ1) is 21.8. The van der Waals surface area contributed by atoms with Crippen LogP contribution in [-0.2, 0) is 6.54 Å². The molecule has 0 aliphatic heterocycles. The van der Waals surface area contributed by atoms with Gasteiger partial charge in [-0.15, -0.1) is 0 Å². The van der Waals surface area contributed by atoms with Crippen LogP contribution in [0.5, 0.6) is 0 Å². The summed E-state index contributed by atoms with van der Waals surface area (Å²) >= 11 is 0. The summed E-state index contributed by atoms with van der Waals surface area (Å²) in [7, 11) is 0. The second-order valence-corrected chi connectivity index (χ2v) is 8.37. The van der Waals surface area contributed by atoms with Crippen LogP contribution in [0.25, 0.3) is 33.3 Å². The van der Waals surface area contributed by atoms with Crippen molar-refractivity contribution in [3.8, 4) is 11.4 Å². The molecule has 2 heterocycles. The first-order chi connectivity index (χ1) is 16.6. The second-order valence-electron chi connectivity index (χ2n) is 8.37. The summed E-state index contributed by atoms with van der Waals surface area (Å²) in [5, 5.41) is 4.08. The van der Waals surface area contributed by atoms with Crippen LogP contribution < -0.4 is 10.2 Å². The highest BCUT2D eigenvalue weighted by Gasteiger charge is 2.11. The van der Waals surface area contributed by atoms with Crippen LogP contribution in [0.3, 0.4) is 0 Å². The summed E-state index contributed by atoms with van der Waals surface area (Å²) in [4.78, 5) is 23.3. The van der Waals surface area contributed by atoms with Crippen LogP contribution in [0.4, 0.5) is 11.4 Å².